The third kappa shape index (κ3) is 5.19. The van der Waals surface area contributed by atoms with Crippen molar-refractivity contribution >= 4 is 43.7 Å². The van der Waals surface area contributed by atoms with Gasteiger partial charge in [0.15, 0.2) is 0 Å². The molecule has 0 N–H and O–H groups in total. The van der Waals surface area contributed by atoms with Gasteiger partial charge in [0.25, 0.3) is 11.8 Å². The smallest absolute Gasteiger partial charge is 0.266 e. The van der Waals surface area contributed by atoms with Gasteiger partial charge in [-0.15, -0.1) is 0 Å². The minimum absolute atomic E-state index is 0.500. The number of rotatable bonds is 2. The SMILES string of the molecule is Cc1nn(C(=O)c2c(F)cccc2F)c(C)c1Br.Cc1nn(C(=O)c2c(F)cccc2F)c(C)c1Br. The highest BCUT2D eigenvalue weighted by Crippen LogP contribution is 2.23. The first-order valence-corrected chi connectivity index (χ1v) is 11.9. The fourth-order valence-corrected chi connectivity index (χ4v) is 3.75. The van der Waals surface area contributed by atoms with E-state index in [1.54, 1.807) is 27.7 Å². The normalized spacial score (nSPS) is 10.7. The monoisotopic (exact) mass is 628 g/mol. The second kappa shape index (κ2) is 10.9. The molecule has 0 aliphatic rings. The first-order valence-electron chi connectivity index (χ1n) is 10.3. The maximum Gasteiger partial charge on any atom is 0.284 e. The molecule has 2 heterocycles. The first kappa shape index (κ1) is 27.5. The molecule has 2 aromatic carbocycles. The van der Waals surface area contributed by atoms with Crippen molar-refractivity contribution in [1.82, 2.24) is 19.6 Å². The predicted molar refractivity (Wildman–Crippen MR) is 131 cm³/mol. The molecule has 0 unspecified atom stereocenters. The summed E-state index contributed by atoms with van der Waals surface area (Å²) in [6.45, 7) is 6.67. The standard InChI is InChI=1S/2C12H9BrF2N2O/c2*1-6-11(13)7(2)17(16-6)12(18)10-8(14)4-3-5-9(10)15/h2*3-5H,1-2H3. The van der Waals surface area contributed by atoms with E-state index < -0.39 is 46.2 Å². The molecule has 4 rings (SSSR count). The van der Waals surface area contributed by atoms with E-state index in [1.807, 2.05) is 0 Å². The summed E-state index contributed by atoms with van der Waals surface area (Å²) < 4.78 is 57.3. The number of halogens is 6. The molecule has 0 aliphatic heterocycles. The van der Waals surface area contributed by atoms with Crippen LogP contribution < -0.4 is 0 Å². The van der Waals surface area contributed by atoms with E-state index in [9.17, 15) is 27.2 Å². The Hall–Kier alpha value is -3.12. The fourth-order valence-electron chi connectivity index (χ4n) is 3.26. The summed E-state index contributed by atoms with van der Waals surface area (Å²) in [7, 11) is 0. The molecule has 0 bridgehead atoms. The van der Waals surface area contributed by atoms with Crippen LogP contribution in [0.3, 0.4) is 0 Å². The lowest BCUT2D eigenvalue weighted by molar-refractivity contribution is 0.0925. The Labute approximate surface area is 220 Å². The number of aryl methyl sites for hydroxylation is 2. The molecule has 0 atom stereocenters. The van der Waals surface area contributed by atoms with Gasteiger partial charge in [-0.3, -0.25) is 9.59 Å². The third-order valence-electron chi connectivity index (χ3n) is 5.14. The summed E-state index contributed by atoms with van der Waals surface area (Å²) in [5, 5.41) is 7.91. The van der Waals surface area contributed by atoms with E-state index in [4.69, 9.17) is 0 Å². The molecule has 0 amide bonds. The van der Waals surface area contributed by atoms with E-state index in [0.29, 0.717) is 31.7 Å². The summed E-state index contributed by atoms with van der Waals surface area (Å²) in [6.07, 6.45) is 0. The number of carbonyl (C=O) groups excluding carboxylic acids is 2. The molecule has 188 valence electrons. The van der Waals surface area contributed by atoms with Gasteiger partial charge in [-0.1, -0.05) is 12.1 Å². The molecule has 0 fully saturated rings. The molecule has 36 heavy (non-hydrogen) atoms. The van der Waals surface area contributed by atoms with Crippen LogP contribution in [0.2, 0.25) is 0 Å². The van der Waals surface area contributed by atoms with Crippen molar-refractivity contribution in [1.29, 1.82) is 0 Å². The molecule has 0 saturated heterocycles. The van der Waals surface area contributed by atoms with Crippen LogP contribution in [0.25, 0.3) is 0 Å². The van der Waals surface area contributed by atoms with Crippen LogP contribution in [0, 0.1) is 51.0 Å². The Morgan fingerprint density at radius 3 is 1.14 bits per heavy atom. The number of hydrogen-bond donors (Lipinski definition) is 0. The maximum absolute atomic E-state index is 13.5. The van der Waals surface area contributed by atoms with E-state index in [2.05, 4.69) is 42.1 Å². The van der Waals surface area contributed by atoms with Crippen LogP contribution in [0.1, 0.15) is 43.5 Å². The molecular weight excluding hydrogens is 612 g/mol. The van der Waals surface area contributed by atoms with Gasteiger partial charge in [0.2, 0.25) is 0 Å². The van der Waals surface area contributed by atoms with Crippen molar-refractivity contribution in [2.24, 2.45) is 0 Å². The number of nitrogens with zero attached hydrogens (tertiary/aromatic N) is 4. The Morgan fingerprint density at radius 2 is 0.917 bits per heavy atom. The number of aromatic nitrogens is 4. The van der Waals surface area contributed by atoms with Crippen molar-refractivity contribution in [2.45, 2.75) is 27.7 Å². The minimum Gasteiger partial charge on any atom is -0.266 e. The van der Waals surface area contributed by atoms with Crippen molar-refractivity contribution in [3.8, 4) is 0 Å². The molecule has 0 saturated carbocycles. The second-order valence-corrected chi connectivity index (χ2v) is 9.18. The van der Waals surface area contributed by atoms with Crippen LogP contribution in [-0.4, -0.2) is 31.4 Å². The van der Waals surface area contributed by atoms with E-state index in [0.717, 1.165) is 33.6 Å². The Morgan fingerprint density at radius 1 is 0.639 bits per heavy atom. The zero-order valence-electron chi connectivity index (χ0n) is 19.3. The highest BCUT2D eigenvalue weighted by molar-refractivity contribution is 9.10. The fraction of sp³-hybridized carbons (Fsp3) is 0.167. The quantitative estimate of drug-likeness (QED) is 0.239. The summed E-state index contributed by atoms with van der Waals surface area (Å²) >= 11 is 6.51. The number of benzene rings is 2. The predicted octanol–water partition coefficient (Wildman–Crippen LogP) is 6.46. The molecular formula is C24H18Br2F4N4O2. The lowest BCUT2D eigenvalue weighted by Crippen LogP contribution is -2.18. The van der Waals surface area contributed by atoms with Crippen LogP contribution in [0.4, 0.5) is 17.6 Å². The topological polar surface area (TPSA) is 69.8 Å². The Kier molecular flexibility index (Phi) is 8.29. The lowest BCUT2D eigenvalue weighted by atomic mass is 10.2. The minimum atomic E-state index is -0.899. The molecule has 4 aromatic rings. The van der Waals surface area contributed by atoms with Gasteiger partial charge >= 0.3 is 0 Å². The van der Waals surface area contributed by atoms with Gasteiger partial charge in [0.05, 0.1) is 31.7 Å². The van der Waals surface area contributed by atoms with Crippen LogP contribution in [0.5, 0.6) is 0 Å². The van der Waals surface area contributed by atoms with Crippen molar-refractivity contribution in [3.63, 3.8) is 0 Å². The molecule has 0 radical (unpaired) electrons. The lowest BCUT2D eigenvalue weighted by Gasteiger charge is -2.05. The third-order valence-corrected chi connectivity index (χ3v) is 7.44. The van der Waals surface area contributed by atoms with Gasteiger partial charge < -0.3 is 0 Å². The van der Waals surface area contributed by atoms with Crippen LogP contribution >= 0.6 is 31.9 Å². The maximum atomic E-state index is 13.5. The molecule has 0 aliphatic carbocycles. The zero-order valence-corrected chi connectivity index (χ0v) is 22.5. The van der Waals surface area contributed by atoms with E-state index in [1.165, 1.54) is 12.1 Å². The van der Waals surface area contributed by atoms with Gasteiger partial charge in [-0.25, -0.2) is 17.6 Å². The van der Waals surface area contributed by atoms with Crippen molar-refractivity contribution < 1.29 is 27.2 Å². The summed E-state index contributed by atoms with van der Waals surface area (Å²) in [5.74, 6) is -5.24. The van der Waals surface area contributed by atoms with Gasteiger partial charge in [-0.05, 0) is 83.8 Å². The summed E-state index contributed by atoms with van der Waals surface area (Å²) in [5.41, 5.74) is 0.960. The number of carbonyl (C=O) groups is 2. The largest absolute Gasteiger partial charge is 0.284 e. The highest BCUT2D eigenvalue weighted by atomic mass is 79.9. The Balaban J connectivity index is 0.000000201. The van der Waals surface area contributed by atoms with Gasteiger partial charge in [0, 0.05) is 0 Å². The van der Waals surface area contributed by atoms with E-state index in [-0.39, 0.29) is 0 Å². The summed E-state index contributed by atoms with van der Waals surface area (Å²) in [6, 6.07) is 6.57. The average Bonchev–Trinajstić information content (AvgIpc) is 3.23. The molecule has 2 aromatic heterocycles. The average molecular weight is 630 g/mol. The Bertz CT molecular complexity index is 1350. The van der Waals surface area contributed by atoms with Crippen molar-refractivity contribution in [3.05, 3.63) is 103 Å². The zero-order chi connectivity index (χ0) is 26.9. The molecule has 0 spiro atoms. The van der Waals surface area contributed by atoms with Crippen molar-refractivity contribution in [2.75, 3.05) is 0 Å². The van der Waals surface area contributed by atoms with Crippen LogP contribution in [-0.2, 0) is 0 Å². The van der Waals surface area contributed by atoms with Gasteiger partial charge in [0.1, 0.15) is 34.4 Å². The number of hydrogen-bond acceptors (Lipinski definition) is 4. The second-order valence-electron chi connectivity index (χ2n) is 7.60. The molecule has 6 nitrogen and oxygen atoms in total. The summed E-state index contributed by atoms with van der Waals surface area (Å²) in [4.78, 5) is 24.1. The molecule has 12 heteroatoms. The van der Waals surface area contributed by atoms with E-state index >= 15 is 0 Å². The van der Waals surface area contributed by atoms with Gasteiger partial charge in [-0.2, -0.15) is 19.6 Å². The van der Waals surface area contributed by atoms with Crippen LogP contribution in [0.15, 0.2) is 45.3 Å². The highest BCUT2D eigenvalue weighted by Gasteiger charge is 2.24. The first-order chi connectivity index (χ1) is 16.9.